The summed E-state index contributed by atoms with van der Waals surface area (Å²) in [6, 6.07) is 23.5. The Kier molecular flexibility index (Phi) is 8.23. The molecule has 0 aromatic heterocycles. The first kappa shape index (κ1) is 26.2. The number of methoxy groups -OCH3 is 2. The average Bonchev–Trinajstić information content (AvgIpc) is 3.17. The number of benzene rings is 3. The fraction of sp³-hybridized carbons (Fsp3) is 0.167. The van der Waals surface area contributed by atoms with Crippen LogP contribution in [0.15, 0.2) is 95.7 Å². The molecule has 8 nitrogen and oxygen atoms in total. The highest BCUT2D eigenvalue weighted by molar-refractivity contribution is 6.16. The average molecular weight is 513 g/mol. The Morgan fingerprint density at radius 3 is 2.29 bits per heavy atom. The van der Waals surface area contributed by atoms with Gasteiger partial charge in [-0.1, -0.05) is 54.6 Å². The maximum Gasteiger partial charge on any atom is 0.340 e. The molecule has 0 unspecified atom stereocenters. The van der Waals surface area contributed by atoms with Crippen LogP contribution in [0, 0.1) is 0 Å². The zero-order chi connectivity index (χ0) is 27.1. The SMILES string of the molecule is COC(=O)C1=C(C)N(Cc2ccccc2)C(=O)/C1=C\c1ccc(OCC(=O)Nc2ccccc2OC)cc1. The Balaban J connectivity index is 1.46. The van der Waals surface area contributed by atoms with E-state index >= 15 is 0 Å². The minimum Gasteiger partial charge on any atom is -0.495 e. The quantitative estimate of drug-likeness (QED) is 0.333. The number of para-hydroxylation sites is 2. The molecule has 8 heteroatoms. The smallest absolute Gasteiger partial charge is 0.340 e. The van der Waals surface area contributed by atoms with Crippen LogP contribution in [0.2, 0.25) is 0 Å². The number of carbonyl (C=O) groups is 3. The Morgan fingerprint density at radius 2 is 1.61 bits per heavy atom. The lowest BCUT2D eigenvalue weighted by Gasteiger charge is -2.17. The topological polar surface area (TPSA) is 94.2 Å². The number of ether oxygens (including phenoxy) is 3. The van der Waals surface area contributed by atoms with Crippen LogP contribution >= 0.6 is 0 Å². The molecule has 3 aromatic rings. The standard InChI is InChI=1S/C30H28N2O6/c1-20-28(30(35)37-3)24(29(34)32(20)18-22-9-5-4-6-10-22)17-21-13-15-23(16-14-21)38-19-27(33)31-25-11-7-8-12-26(25)36-2/h4-17H,18-19H2,1-3H3,(H,31,33)/b24-17-. The lowest BCUT2D eigenvalue weighted by Crippen LogP contribution is -2.24. The molecule has 1 heterocycles. The molecule has 0 aliphatic carbocycles. The van der Waals surface area contributed by atoms with Gasteiger partial charge in [-0.2, -0.15) is 0 Å². The first-order valence-corrected chi connectivity index (χ1v) is 11.9. The Bertz CT molecular complexity index is 1390. The van der Waals surface area contributed by atoms with E-state index in [9.17, 15) is 14.4 Å². The van der Waals surface area contributed by atoms with Crippen molar-refractivity contribution in [1.82, 2.24) is 4.90 Å². The number of hydrogen-bond donors (Lipinski definition) is 1. The van der Waals surface area contributed by atoms with E-state index in [0.29, 0.717) is 35.0 Å². The van der Waals surface area contributed by atoms with E-state index in [4.69, 9.17) is 14.2 Å². The molecule has 1 aliphatic heterocycles. The van der Waals surface area contributed by atoms with Crippen molar-refractivity contribution in [2.45, 2.75) is 13.5 Å². The second-order valence-electron chi connectivity index (χ2n) is 8.49. The summed E-state index contributed by atoms with van der Waals surface area (Å²) in [6.45, 7) is 1.88. The molecular formula is C30H28N2O6. The number of rotatable bonds is 9. The fourth-order valence-electron chi connectivity index (χ4n) is 4.09. The van der Waals surface area contributed by atoms with E-state index in [1.807, 2.05) is 36.4 Å². The van der Waals surface area contributed by atoms with Crippen LogP contribution in [0.25, 0.3) is 6.08 Å². The van der Waals surface area contributed by atoms with Crippen LogP contribution in [-0.4, -0.2) is 43.5 Å². The van der Waals surface area contributed by atoms with Gasteiger partial charge in [-0.15, -0.1) is 0 Å². The van der Waals surface area contributed by atoms with Gasteiger partial charge in [-0.05, 0) is 48.4 Å². The highest BCUT2D eigenvalue weighted by Gasteiger charge is 2.36. The summed E-state index contributed by atoms with van der Waals surface area (Å²) in [6.07, 6.45) is 1.65. The minimum absolute atomic E-state index is 0.195. The molecule has 194 valence electrons. The molecule has 0 bridgehead atoms. The second-order valence-corrected chi connectivity index (χ2v) is 8.49. The van der Waals surface area contributed by atoms with Gasteiger partial charge in [-0.3, -0.25) is 9.59 Å². The summed E-state index contributed by atoms with van der Waals surface area (Å²) in [5, 5.41) is 2.75. The number of carbonyl (C=O) groups excluding carboxylic acids is 3. The normalized spacial score (nSPS) is 14.0. The molecule has 3 aromatic carbocycles. The van der Waals surface area contributed by atoms with Gasteiger partial charge in [0.25, 0.3) is 11.8 Å². The van der Waals surface area contributed by atoms with Crippen LogP contribution in [0.5, 0.6) is 11.5 Å². The van der Waals surface area contributed by atoms with E-state index in [2.05, 4.69) is 5.32 Å². The largest absolute Gasteiger partial charge is 0.495 e. The summed E-state index contributed by atoms with van der Waals surface area (Å²) >= 11 is 0. The third kappa shape index (κ3) is 5.92. The number of anilines is 1. The van der Waals surface area contributed by atoms with Crippen LogP contribution in [0.3, 0.4) is 0 Å². The van der Waals surface area contributed by atoms with Gasteiger partial charge >= 0.3 is 5.97 Å². The third-order valence-corrected chi connectivity index (χ3v) is 6.03. The lowest BCUT2D eigenvalue weighted by molar-refractivity contribution is -0.136. The van der Waals surface area contributed by atoms with E-state index < -0.39 is 5.97 Å². The number of amides is 2. The third-order valence-electron chi connectivity index (χ3n) is 6.03. The van der Waals surface area contributed by atoms with Gasteiger partial charge in [0, 0.05) is 5.70 Å². The molecule has 1 aliphatic rings. The Morgan fingerprint density at radius 1 is 0.921 bits per heavy atom. The molecular weight excluding hydrogens is 484 g/mol. The first-order chi connectivity index (χ1) is 18.4. The summed E-state index contributed by atoms with van der Waals surface area (Å²) in [4.78, 5) is 39.8. The van der Waals surface area contributed by atoms with Crippen molar-refractivity contribution in [1.29, 1.82) is 0 Å². The van der Waals surface area contributed by atoms with Gasteiger partial charge < -0.3 is 24.4 Å². The van der Waals surface area contributed by atoms with Crippen LogP contribution in [0.1, 0.15) is 18.1 Å². The molecule has 38 heavy (non-hydrogen) atoms. The highest BCUT2D eigenvalue weighted by atomic mass is 16.5. The van der Waals surface area contributed by atoms with Gasteiger partial charge in [0.15, 0.2) is 6.61 Å². The summed E-state index contributed by atoms with van der Waals surface area (Å²) in [5.41, 5.74) is 3.23. The number of esters is 1. The van der Waals surface area contributed by atoms with Gasteiger partial charge in [0.05, 0.1) is 37.6 Å². The second kappa shape index (κ2) is 11.9. The summed E-state index contributed by atoms with van der Waals surface area (Å²) in [5.74, 6) is -0.152. The Labute approximate surface area is 221 Å². The Hall–Kier alpha value is -4.85. The molecule has 0 fully saturated rings. The zero-order valence-electron chi connectivity index (χ0n) is 21.4. The molecule has 2 amide bonds. The van der Waals surface area contributed by atoms with Crippen LogP contribution in [0.4, 0.5) is 5.69 Å². The summed E-state index contributed by atoms with van der Waals surface area (Å²) in [7, 11) is 2.82. The number of hydrogen-bond acceptors (Lipinski definition) is 6. The molecule has 4 rings (SSSR count). The van der Waals surface area contributed by atoms with Crippen molar-refractivity contribution >= 4 is 29.5 Å². The monoisotopic (exact) mass is 512 g/mol. The van der Waals surface area contributed by atoms with Crippen molar-refractivity contribution in [2.24, 2.45) is 0 Å². The van der Waals surface area contributed by atoms with E-state index in [0.717, 1.165) is 5.56 Å². The number of allylic oxidation sites excluding steroid dienone is 1. The predicted octanol–water partition coefficient (Wildman–Crippen LogP) is 4.59. The van der Waals surface area contributed by atoms with Crippen molar-refractivity contribution in [3.63, 3.8) is 0 Å². The first-order valence-electron chi connectivity index (χ1n) is 11.9. The molecule has 0 atom stereocenters. The van der Waals surface area contributed by atoms with Crippen molar-refractivity contribution in [3.8, 4) is 11.5 Å². The fourth-order valence-corrected chi connectivity index (χ4v) is 4.09. The molecule has 0 saturated heterocycles. The highest BCUT2D eigenvalue weighted by Crippen LogP contribution is 2.33. The van der Waals surface area contributed by atoms with E-state index in [1.54, 1.807) is 60.4 Å². The molecule has 0 radical (unpaired) electrons. The minimum atomic E-state index is -0.571. The summed E-state index contributed by atoms with van der Waals surface area (Å²) < 4.78 is 15.8. The van der Waals surface area contributed by atoms with Crippen molar-refractivity contribution in [2.75, 3.05) is 26.1 Å². The molecule has 0 spiro atoms. The van der Waals surface area contributed by atoms with Gasteiger partial charge in [0.2, 0.25) is 0 Å². The molecule has 0 saturated carbocycles. The van der Waals surface area contributed by atoms with Gasteiger partial charge in [-0.25, -0.2) is 4.79 Å². The zero-order valence-corrected chi connectivity index (χ0v) is 21.4. The number of nitrogens with one attached hydrogen (secondary N) is 1. The van der Waals surface area contributed by atoms with E-state index in [1.165, 1.54) is 14.2 Å². The van der Waals surface area contributed by atoms with E-state index in [-0.39, 0.29) is 29.6 Å². The van der Waals surface area contributed by atoms with Crippen molar-refractivity contribution < 1.29 is 28.6 Å². The maximum atomic E-state index is 13.3. The lowest BCUT2D eigenvalue weighted by atomic mass is 10.0. The van der Waals surface area contributed by atoms with Crippen LogP contribution in [-0.2, 0) is 25.7 Å². The maximum absolute atomic E-state index is 13.3. The number of nitrogens with zero attached hydrogens (tertiary/aromatic N) is 1. The predicted molar refractivity (Wildman–Crippen MR) is 143 cm³/mol. The van der Waals surface area contributed by atoms with Crippen LogP contribution < -0.4 is 14.8 Å². The molecule has 1 N–H and O–H groups in total. The van der Waals surface area contributed by atoms with Crippen molar-refractivity contribution in [3.05, 3.63) is 107 Å². The van der Waals surface area contributed by atoms with Gasteiger partial charge in [0.1, 0.15) is 11.5 Å².